The average molecular weight is 908 g/mol. The first kappa shape index (κ1) is 52.7. The maximum absolute atomic E-state index is 13.1. The van der Waals surface area contributed by atoms with Gasteiger partial charge in [-0.25, -0.2) is 9.97 Å². The van der Waals surface area contributed by atoms with Crippen LogP contribution in [0.4, 0.5) is 29.0 Å². The van der Waals surface area contributed by atoms with Crippen LogP contribution < -0.4 is 31.5 Å². The predicted octanol–water partition coefficient (Wildman–Crippen LogP) is 6.65. The van der Waals surface area contributed by atoms with E-state index in [1.165, 1.54) is 17.4 Å². The van der Waals surface area contributed by atoms with Gasteiger partial charge in [0.1, 0.15) is 24.0 Å². The lowest BCUT2D eigenvalue weighted by atomic mass is 10.1. The summed E-state index contributed by atoms with van der Waals surface area (Å²) >= 11 is 0. The first-order chi connectivity index (χ1) is 32.2. The summed E-state index contributed by atoms with van der Waals surface area (Å²) < 4.78 is 5.58. The number of likely N-dealkylation sites (N-methyl/N-ethyl adjacent to an activating group) is 2. The minimum absolute atomic E-state index is 0.0304. The highest BCUT2D eigenvalue weighted by Crippen LogP contribution is 2.34. The van der Waals surface area contributed by atoms with Crippen molar-refractivity contribution in [2.45, 2.75) is 91.2 Å². The third kappa shape index (κ3) is 14.8. The van der Waals surface area contributed by atoms with Crippen molar-refractivity contribution in [2.75, 3.05) is 89.1 Å². The van der Waals surface area contributed by atoms with Crippen molar-refractivity contribution in [2.24, 2.45) is 0 Å². The predicted molar refractivity (Wildman–Crippen MR) is 265 cm³/mol. The highest BCUT2D eigenvalue weighted by molar-refractivity contribution is 6.00. The number of piperazine rings is 1. The van der Waals surface area contributed by atoms with Crippen LogP contribution in [0.15, 0.2) is 78.2 Å². The van der Waals surface area contributed by atoms with Gasteiger partial charge in [-0.05, 0) is 95.4 Å². The molecule has 1 fully saturated rings. The summed E-state index contributed by atoms with van der Waals surface area (Å²) in [5.41, 5.74) is 6.94. The molecule has 0 saturated carbocycles. The zero-order chi connectivity index (χ0) is 47.8. The Morgan fingerprint density at radius 2 is 1.73 bits per heavy atom. The van der Waals surface area contributed by atoms with Gasteiger partial charge in [0.05, 0.1) is 17.4 Å². The molecule has 2 aliphatic heterocycles. The van der Waals surface area contributed by atoms with Crippen molar-refractivity contribution < 1.29 is 23.9 Å². The van der Waals surface area contributed by atoms with Crippen molar-refractivity contribution in [3.63, 3.8) is 0 Å². The number of hydrogen-bond acceptors (Lipinski definition) is 14. The number of allylic oxidation sites excluding steroid dienone is 1. The van der Waals surface area contributed by atoms with Gasteiger partial charge in [-0.1, -0.05) is 44.9 Å². The van der Waals surface area contributed by atoms with Crippen LogP contribution >= 0.6 is 0 Å². The van der Waals surface area contributed by atoms with E-state index in [0.29, 0.717) is 41.7 Å². The molecule has 1 aromatic carbocycles. The maximum Gasteiger partial charge on any atom is 0.250 e. The number of benzene rings is 1. The van der Waals surface area contributed by atoms with Crippen LogP contribution in [0.1, 0.15) is 100 Å². The zero-order valence-corrected chi connectivity index (χ0v) is 40.3. The fraction of sp³-hybridized carbons (Fsp3) is 0.500. The lowest BCUT2D eigenvalue weighted by Gasteiger charge is -2.36. The number of methoxy groups -OCH3 is 1. The second-order valence-electron chi connectivity index (χ2n) is 16.0. The first-order valence-electron chi connectivity index (χ1n) is 23.5. The van der Waals surface area contributed by atoms with E-state index in [9.17, 15) is 19.2 Å². The van der Waals surface area contributed by atoms with E-state index in [0.717, 1.165) is 120 Å². The number of hydrogen-bond donors (Lipinski definition) is 5. The number of aromatic nitrogens is 3. The molecule has 1 aliphatic carbocycles. The summed E-state index contributed by atoms with van der Waals surface area (Å²) in [6.45, 7) is 18.4. The molecule has 4 heterocycles. The first-order valence-corrected chi connectivity index (χ1v) is 23.5. The smallest absolute Gasteiger partial charge is 0.250 e. The lowest BCUT2D eigenvalue weighted by molar-refractivity contribution is -0.136. The molecule has 1 saturated heterocycles. The normalized spacial score (nSPS) is 16.3. The van der Waals surface area contributed by atoms with E-state index in [-0.39, 0.29) is 24.3 Å². The summed E-state index contributed by atoms with van der Waals surface area (Å²) in [4.78, 5) is 68.7. The van der Waals surface area contributed by atoms with Gasteiger partial charge in [0.15, 0.2) is 6.29 Å². The van der Waals surface area contributed by atoms with E-state index in [2.05, 4.69) is 65.1 Å². The molecule has 2 atom stereocenters. The molecule has 0 spiro atoms. The van der Waals surface area contributed by atoms with Crippen molar-refractivity contribution in [1.29, 1.82) is 0 Å². The molecular formula is C50H73N11O5. The van der Waals surface area contributed by atoms with Crippen LogP contribution in [0.5, 0.6) is 0 Å². The largest absolute Gasteiger partial charge is 0.385 e. The number of carbonyl (C=O) groups excluding carboxylic acids is 4. The molecule has 3 aromatic rings. The zero-order valence-electron chi connectivity index (χ0n) is 40.3. The fourth-order valence-corrected chi connectivity index (χ4v) is 8.22. The summed E-state index contributed by atoms with van der Waals surface area (Å²) in [5, 5.41) is 15.5. The van der Waals surface area contributed by atoms with Crippen molar-refractivity contribution in [3.8, 4) is 0 Å². The maximum atomic E-state index is 13.1. The van der Waals surface area contributed by atoms with Gasteiger partial charge in [0, 0.05) is 101 Å². The molecule has 66 heavy (non-hydrogen) atoms. The molecule has 16 nitrogen and oxygen atoms in total. The number of carbonyl (C=O) groups is 4. The SMILES string of the molecule is C/C=C(/NCCCCCCN1CCN(c2ccc(Nc3ncc(C=O)c(Nc4ccc5c(n4)C(OC)CC5)n3)cc2)CC1)C1=C(C)C(=O)N(C(CCC=O)C(=O)NC)C1.C=CCNC.CC. The second-order valence-corrected chi connectivity index (χ2v) is 16.0. The average Bonchev–Trinajstić information content (AvgIpc) is 3.90. The number of unbranched alkanes of at least 4 members (excludes halogenated alkanes) is 3. The Labute approximate surface area is 392 Å². The molecule has 358 valence electrons. The van der Waals surface area contributed by atoms with Gasteiger partial charge < -0.3 is 45.9 Å². The Balaban J connectivity index is 0.00000127. The summed E-state index contributed by atoms with van der Waals surface area (Å²) in [6.07, 6.45) is 13.6. The van der Waals surface area contributed by atoms with Gasteiger partial charge >= 0.3 is 0 Å². The summed E-state index contributed by atoms with van der Waals surface area (Å²) in [5.74, 6) is 0.942. The lowest BCUT2D eigenvalue weighted by Crippen LogP contribution is -2.47. The molecule has 2 aromatic heterocycles. The van der Waals surface area contributed by atoms with Crippen LogP contribution in [0.25, 0.3) is 0 Å². The third-order valence-corrected chi connectivity index (χ3v) is 11.9. The number of amides is 2. The number of fused-ring (bicyclic) bond motifs is 1. The standard InChI is InChI=1S/C44H58N10O5.C4H9N.C2H6/c1-5-36(35-28-54(43(58)30(35)2)37(11-10-26-55)42(57)45-3)46-20-8-6-7-9-21-52-22-24-53(25-23-52)34-16-14-33(15-17-34)48-44-47-27-32(29-56)41(51-44)50-39-19-13-31-12-18-38(59-4)40(31)49-39;1-3-4-5-2;1-2/h5,13-17,19,26-27,29,37-38,46H,6-12,18,20-25,28H2,1-4H3,(H,45,57)(H2,47,48,49,50,51);3,5H,1,4H2,2H3;1-2H3/b36-5+;;. The van der Waals surface area contributed by atoms with Gasteiger partial charge in [0.25, 0.3) is 5.91 Å². The highest BCUT2D eigenvalue weighted by atomic mass is 16.5. The van der Waals surface area contributed by atoms with Crippen LogP contribution in [-0.2, 0) is 25.5 Å². The van der Waals surface area contributed by atoms with Crippen LogP contribution in [0.2, 0.25) is 0 Å². The van der Waals surface area contributed by atoms with Gasteiger partial charge in [-0.3, -0.25) is 19.3 Å². The number of nitrogens with one attached hydrogen (secondary N) is 5. The van der Waals surface area contributed by atoms with Crippen LogP contribution in [0.3, 0.4) is 0 Å². The topological polar surface area (TPSA) is 186 Å². The van der Waals surface area contributed by atoms with E-state index in [1.807, 2.05) is 71.2 Å². The van der Waals surface area contributed by atoms with Gasteiger partial charge in [-0.15, -0.1) is 6.58 Å². The summed E-state index contributed by atoms with van der Waals surface area (Å²) in [7, 11) is 5.14. The molecule has 0 radical (unpaired) electrons. The molecule has 16 heteroatoms. The highest BCUT2D eigenvalue weighted by Gasteiger charge is 2.36. The number of aryl methyl sites for hydroxylation is 1. The van der Waals surface area contributed by atoms with Gasteiger partial charge in [0.2, 0.25) is 11.9 Å². The Bertz CT molecular complexity index is 2100. The second kappa shape index (κ2) is 28.2. The number of aldehydes is 2. The Hall–Kier alpha value is -5.97. The van der Waals surface area contributed by atoms with Crippen molar-refractivity contribution in [1.82, 2.24) is 40.7 Å². The Kier molecular flexibility index (Phi) is 22.5. The number of pyridine rings is 1. The molecule has 2 unspecified atom stereocenters. The number of nitrogens with zero attached hydrogens (tertiary/aromatic N) is 6. The quantitative estimate of drug-likeness (QED) is 0.0387. The number of ether oxygens (including phenoxy) is 1. The molecule has 3 aliphatic rings. The van der Waals surface area contributed by atoms with Crippen LogP contribution in [0, 0.1) is 0 Å². The summed E-state index contributed by atoms with van der Waals surface area (Å²) in [6, 6.07) is 11.5. The molecule has 6 rings (SSSR count). The minimum atomic E-state index is -0.665. The van der Waals surface area contributed by atoms with Gasteiger partial charge in [-0.2, -0.15) is 4.98 Å². The van der Waals surface area contributed by atoms with E-state index in [1.54, 1.807) is 19.1 Å². The monoisotopic (exact) mass is 908 g/mol. The molecule has 0 bridgehead atoms. The number of rotatable bonds is 23. The van der Waals surface area contributed by atoms with E-state index < -0.39 is 6.04 Å². The minimum Gasteiger partial charge on any atom is -0.385 e. The molecular weight excluding hydrogens is 835 g/mol. The Morgan fingerprint density at radius 1 is 0.985 bits per heavy atom. The molecule has 5 N–H and O–H groups in total. The van der Waals surface area contributed by atoms with E-state index >= 15 is 0 Å². The molecule has 2 amide bonds. The Morgan fingerprint density at radius 3 is 2.36 bits per heavy atom. The van der Waals surface area contributed by atoms with Crippen molar-refractivity contribution in [3.05, 3.63) is 95.0 Å². The third-order valence-electron chi connectivity index (χ3n) is 11.9. The number of anilines is 5. The van der Waals surface area contributed by atoms with Crippen LogP contribution in [-0.4, -0.2) is 129 Å². The fourth-order valence-electron chi connectivity index (χ4n) is 8.22. The van der Waals surface area contributed by atoms with Crippen molar-refractivity contribution >= 4 is 53.3 Å². The van der Waals surface area contributed by atoms with E-state index in [4.69, 9.17) is 9.72 Å².